The smallest absolute Gasteiger partial charge is 0.167 e. The van der Waals surface area contributed by atoms with Crippen molar-refractivity contribution in [2.75, 3.05) is 0 Å². The molecule has 2 aliphatic rings. The molecule has 2 aliphatic carbocycles. The summed E-state index contributed by atoms with van der Waals surface area (Å²) in [6.45, 7) is 0. The SMILES string of the molecule is O=C1CC(=O)C(C2C=CC=C2)=C1Cc1ccccc1. The summed E-state index contributed by atoms with van der Waals surface area (Å²) in [6.07, 6.45) is 8.38. The minimum atomic E-state index is -0.0165. The van der Waals surface area contributed by atoms with E-state index in [-0.39, 0.29) is 23.9 Å². The molecule has 1 aromatic rings. The number of carbonyl (C=O) groups excluding carboxylic acids is 2. The summed E-state index contributed by atoms with van der Waals surface area (Å²) in [6, 6.07) is 9.82. The van der Waals surface area contributed by atoms with E-state index < -0.39 is 0 Å². The quantitative estimate of drug-likeness (QED) is 0.773. The Labute approximate surface area is 112 Å². The van der Waals surface area contributed by atoms with Crippen LogP contribution in [0.4, 0.5) is 0 Å². The average molecular weight is 250 g/mol. The Morgan fingerprint density at radius 1 is 0.947 bits per heavy atom. The van der Waals surface area contributed by atoms with Crippen molar-refractivity contribution in [2.24, 2.45) is 5.92 Å². The van der Waals surface area contributed by atoms with E-state index in [9.17, 15) is 9.59 Å². The molecule has 0 saturated carbocycles. The molecule has 0 fully saturated rings. The molecule has 3 rings (SSSR count). The molecule has 19 heavy (non-hydrogen) atoms. The third kappa shape index (κ3) is 2.22. The Morgan fingerprint density at radius 3 is 2.32 bits per heavy atom. The Bertz CT molecular complexity index is 606. The van der Waals surface area contributed by atoms with Crippen LogP contribution in [0.2, 0.25) is 0 Å². The second-order valence-corrected chi connectivity index (χ2v) is 4.87. The lowest BCUT2D eigenvalue weighted by molar-refractivity contribution is -0.121. The zero-order valence-electron chi connectivity index (χ0n) is 10.5. The molecule has 0 amide bonds. The van der Waals surface area contributed by atoms with Gasteiger partial charge in [-0.2, -0.15) is 0 Å². The Morgan fingerprint density at radius 2 is 1.63 bits per heavy atom. The highest BCUT2D eigenvalue weighted by atomic mass is 16.2. The van der Waals surface area contributed by atoms with E-state index in [1.54, 1.807) is 0 Å². The molecule has 0 radical (unpaired) electrons. The maximum absolute atomic E-state index is 12.0. The van der Waals surface area contributed by atoms with Crippen molar-refractivity contribution in [3.63, 3.8) is 0 Å². The molecule has 0 N–H and O–H groups in total. The Hall–Kier alpha value is -2.22. The van der Waals surface area contributed by atoms with Crippen LogP contribution in [-0.2, 0) is 16.0 Å². The van der Waals surface area contributed by atoms with E-state index in [1.807, 2.05) is 54.6 Å². The van der Waals surface area contributed by atoms with E-state index in [2.05, 4.69) is 0 Å². The van der Waals surface area contributed by atoms with Crippen molar-refractivity contribution in [1.82, 2.24) is 0 Å². The van der Waals surface area contributed by atoms with Gasteiger partial charge in [-0.25, -0.2) is 0 Å². The van der Waals surface area contributed by atoms with Gasteiger partial charge >= 0.3 is 0 Å². The number of rotatable bonds is 3. The molecule has 0 atom stereocenters. The lowest BCUT2D eigenvalue weighted by atomic mass is 9.93. The van der Waals surface area contributed by atoms with Gasteiger partial charge < -0.3 is 0 Å². The van der Waals surface area contributed by atoms with Gasteiger partial charge in [0.15, 0.2) is 11.6 Å². The van der Waals surface area contributed by atoms with Gasteiger partial charge in [0.05, 0.1) is 6.42 Å². The van der Waals surface area contributed by atoms with Crippen LogP contribution in [0, 0.1) is 5.92 Å². The average Bonchev–Trinajstić information content (AvgIpc) is 3.00. The topological polar surface area (TPSA) is 34.1 Å². The lowest BCUT2D eigenvalue weighted by Crippen LogP contribution is -2.06. The fraction of sp³-hybridized carbons (Fsp3) is 0.176. The van der Waals surface area contributed by atoms with Crippen LogP contribution in [-0.4, -0.2) is 11.6 Å². The van der Waals surface area contributed by atoms with Crippen molar-refractivity contribution < 1.29 is 9.59 Å². The van der Waals surface area contributed by atoms with Gasteiger partial charge in [0.1, 0.15) is 0 Å². The third-order valence-electron chi connectivity index (χ3n) is 3.59. The summed E-state index contributed by atoms with van der Waals surface area (Å²) < 4.78 is 0. The maximum atomic E-state index is 12.0. The molecule has 2 heteroatoms. The number of carbonyl (C=O) groups is 2. The first-order valence-electron chi connectivity index (χ1n) is 6.44. The summed E-state index contributed by atoms with van der Waals surface area (Å²) in [5.74, 6) is -0.0488. The highest BCUT2D eigenvalue weighted by Crippen LogP contribution is 2.31. The van der Waals surface area contributed by atoms with Gasteiger partial charge in [-0.1, -0.05) is 54.6 Å². The van der Waals surface area contributed by atoms with Crippen molar-refractivity contribution in [2.45, 2.75) is 12.8 Å². The van der Waals surface area contributed by atoms with E-state index in [1.165, 1.54) is 0 Å². The van der Waals surface area contributed by atoms with Crippen LogP contribution in [0.5, 0.6) is 0 Å². The van der Waals surface area contributed by atoms with Crippen LogP contribution in [0.15, 0.2) is 65.8 Å². The van der Waals surface area contributed by atoms with E-state index in [0.29, 0.717) is 17.6 Å². The van der Waals surface area contributed by atoms with E-state index in [0.717, 1.165) is 5.56 Å². The minimum Gasteiger partial charge on any atom is -0.294 e. The predicted molar refractivity (Wildman–Crippen MR) is 73.6 cm³/mol. The Kier molecular flexibility index (Phi) is 3.00. The van der Waals surface area contributed by atoms with Gasteiger partial charge in [-0.15, -0.1) is 0 Å². The normalized spacial score (nSPS) is 18.9. The second-order valence-electron chi connectivity index (χ2n) is 4.87. The fourth-order valence-electron chi connectivity index (χ4n) is 2.67. The fourth-order valence-corrected chi connectivity index (χ4v) is 2.67. The van der Waals surface area contributed by atoms with Gasteiger partial charge in [0, 0.05) is 23.5 Å². The molecule has 0 saturated heterocycles. The molecular weight excluding hydrogens is 236 g/mol. The number of allylic oxidation sites excluding steroid dienone is 6. The summed E-state index contributed by atoms with van der Waals surface area (Å²) in [7, 11) is 0. The summed E-state index contributed by atoms with van der Waals surface area (Å²) in [5, 5.41) is 0. The van der Waals surface area contributed by atoms with Crippen LogP contribution in [0.25, 0.3) is 0 Å². The molecule has 0 spiro atoms. The molecule has 94 valence electrons. The molecular formula is C17H14O2. The monoisotopic (exact) mass is 250 g/mol. The molecule has 0 unspecified atom stereocenters. The summed E-state index contributed by atoms with van der Waals surface area (Å²) in [4.78, 5) is 24.1. The number of hydrogen-bond donors (Lipinski definition) is 0. The molecule has 0 aliphatic heterocycles. The standard InChI is InChI=1S/C17H14O2/c18-15-11-16(19)17(13-8-4-5-9-13)14(15)10-12-6-2-1-3-7-12/h1-9,13H,10-11H2. The first-order chi connectivity index (χ1) is 9.25. The third-order valence-corrected chi connectivity index (χ3v) is 3.59. The van der Waals surface area contributed by atoms with Crippen LogP contribution >= 0.6 is 0 Å². The van der Waals surface area contributed by atoms with Crippen molar-refractivity contribution >= 4 is 11.6 Å². The van der Waals surface area contributed by atoms with Crippen LogP contribution in [0.1, 0.15) is 12.0 Å². The van der Waals surface area contributed by atoms with E-state index in [4.69, 9.17) is 0 Å². The zero-order valence-corrected chi connectivity index (χ0v) is 10.5. The molecule has 0 heterocycles. The number of Topliss-reactive ketones (excluding diaryl/α,β-unsaturated/α-hetero) is 2. The second kappa shape index (κ2) is 4.81. The van der Waals surface area contributed by atoms with Gasteiger partial charge in [-0.3, -0.25) is 9.59 Å². The van der Waals surface area contributed by atoms with Crippen molar-refractivity contribution in [3.8, 4) is 0 Å². The van der Waals surface area contributed by atoms with Gasteiger partial charge in [0.2, 0.25) is 0 Å². The zero-order chi connectivity index (χ0) is 13.2. The predicted octanol–water partition coefficient (Wildman–Crippen LogP) is 2.81. The van der Waals surface area contributed by atoms with Gasteiger partial charge in [-0.05, 0) is 5.56 Å². The molecule has 1 aromatic carbocycles. The number of benzene rings is 1. The minimum absolute atomic E-state index is 0.0161. The first-order valence-corrected chi connectivity index (χ1v) is 6.44. The van der Waals surface area contributed by atoms with E-state index >= 15 is 0 Å². The molecule has 0 aromatic heterocycles. The summed E-state index contributed by atoms with van der Waals surface area (Å²) in [5.41, 5.74) is 2.46. The first kappa shape index (κ1) is 11.8. The van der Waals surface area contributed by atoms with Crippen LogP contribution in [0.3, 0.4) is 0 Å². The maximum Gasteiger partial charge on any atom is 0.167 e. The van der Waals surface area contributed by atoms with Crippen LogP contribution < -0.4 is 0 Å². The molecule has 2 nitrogen and oxygen atoms in total. The van der Waals surface area contributed by atoms with Gasteiger partial charge in [0.25, 0.3) is 0 Å². The highest BCUT2D eigenvalue weighted by Gasteiger charge is 2.33. The van der Waals surface area contributed by atoms with Crippen molar-refractivity contribution in [1.29, 1.82) is 0 Å². The number of hydrogen-bond acceptors (Lipinski definition) is 2. The van der Waals surface area contributed by atoms with Crippen molar-refractivity contribution in [3.05, 3.63) is 71.3 Å². The largest absolute Gasteiger partial charge is 0.294 e. The Balaban J connectivity index is 1.98. The summed E-state index contributed by atoms with van der Waals surface area (Å²) >= 11 is 0. The number of ketones is 2. The lowest BCUT2D eigenvalue weighted by Gasteiger charge is -2.09. The highest BCUT2D eigenvalue weighted by molar-refractivity contribution is 6.23. The molecule has 0 bridgehead atoms.